The highest BCUT2D eigenvalue weighted by atomic mass is 79.9. The SMILES string of the molecule is CCn1c2ccc(Br)cc2c2c(C)c([N+](=O)[O-])cc(C)c21.Cc1cc([N+](=O)[O-])c(C)c2c1[nH]c1ccc(Br)cc12. The van der Waals surface area contributed by atoms with Crippen molar-refractivity contribution in [2.24, 2.45) is 0 Å². The number of nitro groups is 2. The monoisotopic (exact) mass is 664 g/mol. The molecular formula is C30H26Br2N4O4. The lowest BCUT2D eigenvalue weighted by Gasteiger charge is -2.07. The molecular weight excluding hydrogens is 640 g/mol. The molecule has 0 atom stereocenters. The highest BCUT2D eigenvalue weighted by molar-refractivity contribution is 9.10. The first-order chi connectivity index (χ1) is 18.9. The highest BCUT2D eigenvalue weighted by Crippen LogP contribution is 2.39. The van der Waals surface area contributed by atoms with Gasteiger partial charge in [0, 0.05) is 71.3 Å². The molecule has 0 aliphatic heterocycles. The minimum atomic E-state index is -0.321. The fourth-order valence-corrected chi connectivity index (χ4v) is 6.42. The van der Waals surface area contributed by atoms with Crippen LogP contribution in [0.2, 0.25) is 0 Å². The molecule has 1 N–H and O–H groups in total. The molecule has 0 amide bonds. The van der Waals surface area contributed by atoms with Gasteiger partial charge in [-0.3, -0.25) is 20.2 Å². The largest absolute Gasteiger partial charge is 0.354 e. The molecule has 0 saturated heterocycles. The van der Waals surface area contributed by atoms with Gasteiger partial charge in [-0.15, -0.1) is 0 Å². The van der Waals surface area contributed by atoms with Gasteiger partial charge in [-0.05, 0) is 82.1 Å². The highest BCUT2D eigenvalue weighted by Gasteiger charge is 2.22. The number of H-pyrrole nitrogens is 1. The number of nitrogens with zero attached hydrogens (tertiary/aromatic N) is 3. The number of aromatic amines is 1. The first-order valence-corrected chi connectivity index (χ1v) is 14.2. The molecule has 0 aliphatic rings. The average Bonchev–Trinajstić information content (AvgIpc) is 3.44. The molecule has 40 heavy (non-hydrogen) atoms. The molecule has 6 rings (SSSR count). The van der Waals surface area contributed by atoms with Crippen LogP contribution in [0.5, 0.6) is 0 Å². The number of hydrogen-bond donors (Lipinski definition) is 1. The average molecular weight is 666 g/mol. The molecule has 0 aliphatic carbocycles. The predicted octanol–water partition coefficient (Wildman–Crippen LogP) is 9.71. The number of halogens is 2. The number of aryl methyl sites for hydroxylation is 5. The third-order valence-corrected chi connectivity index (χ3v) is 8.47. The van der Waals surface area contributed by atoms with E-state index in [-0.39, 0.29) is 21.2 Å². The summed E-state index contributed by atoms with van der Waals surface area (Å²) in [7, 11) is 0. The third-order valence-electron chi connectivity index (χ3n) is 7.49. The van der Waals surface area contributed by atoms with Gasteiger partial charge in [0.25, 0.3) is 11.4 Å². The minimum absolute atomic E-state index is 0.172. The van der Waals surface area contributed by atoms with E-state index < -0.39 is 0 Å². The van der Waals surface area contributed by atoms with Crippen LogP contribution in [0.15, 0.2) is 57.5 Å². The second-order valence-corrected chi connectivity index (χ2v) is 11.7. The first kappa shape index (κ1) is 27.8. The molecule has 2 aromatic heterocycles. The predicted molar refractivity (Wildman–Crippen MR) is 169 cm³/mol. The van der Waals surface area contributed by atoms with Crippen molar-refractivity contribution in [3.63, 3.8) is 0 Å². The topological polar surface area (TPSA) is 107 Å². The van der Waals surface area contributed by atoms with E-state index in [0.717, 1.165) is 75.8 Å². The van der Waals surface area contributed by atoms with Crippen molar-refractivity contribution < 1.29 is 9.85 Å². The second-order valence-electron chi connectivity index (χ2n) is 9.88. The van der Waals surface area contributed by atoms with Crippen LogP contribution >= 0.6 is 31.9 Å². The molecule has 2 heterocycles. The van der Waals surface area contributed by atoms with E-state index in [2.05, 4.69) is 54.4 Å². The standard InChI is InChI=1S/C16H15BrN2O2.C14H11BrN2O2/c1-4-18-13-6-5-11(17)8-12(13)15-10(3)14(19(20)21)7-9(2)16(15)18;1-7-5-12(17(18)19)8(2)13-10-6-9(15)3-4-11(10)16-14(7)13/h5-8H,4H2,1-3H3;3-6,16H,1-2H3. The van der Waals surface area contributed by atoms with Crippen molar-refractivity contribution in [1.29, 1.82) is 0 Å². The summed E-state index contributed by atoms with van der Waals surface area (Å²) in [6.45, 7) is 10.4. The van der Waals surface area contributed by atoms with Gasteiger partial charge in [0.1, 0.15) is 0 Å². The maximum atomic E-state index is 11.3. The summed E-state index contributed by atoms with van der Waals surface area (Å²) >= 11 is 6.94. The van der Waals surface area contributed by atoms with Crippen LogP contribution in [0.3, 0.4) is 0 Å². The summed E-state index contributed by atoms with van der Waals surface area (Å²) in [6, 6.07) is 15.3. The molecule has 0 radical (unpaired) electrons. The zero-order chi connectivity index (χ0) is 29.0. The Hall–Kier alpha value is -3.76. The van der Waals surface area contributed by atoms with E-state index >= 15 is 0 Å². The summed E-state index contributed by atoms with van der Waals surface area (Å²) < 4.78 is 4.17. The number of benzene rings is 4. The Morgan fingerprint density at radius 3 is 1.93 bits per heavy atom. The lowest BCUT2D eigenvalue weighted by Crippen LogP contribution is -1.98. The Kier molecular flexibility index (Phi) is 7.18. The molecule has 10 heteroatoms. The van der Waals surface area contributed by atoms with Crippen LogP contribution in [0.25, 0.3) is 43.6 Å². The van der Waals surface area contributed by atoms with E-state index in [0.29, 0.717) is 5.56 Å². The molecule has 8 nitrogen and oxygen atoms in total. The van der Waals surface area contributed by atoms with E-state index in [4.69, 9.17) is 0 Å². The summed E-state index contributed by atoms with van der Waals surface area (Å²) in [6.07, 6.45) is 0. The van der Waals surface area contributed by atoms with Crippen molar-refractivity contribution in [2.75, 3.05) is 0 Å². The van der Waals surface area contributed by atoms with Crippen LogP contribution in [-0.2, 0) is 6.54 Å². The summed E-state index contributed by atoms with van der Waals surface area (Å²) in [5.74, 6) is 0. The fraction of sp³-hybridized carbons (Fsp3) is 0.200. The minimum Gasteiger partial charge on any atom is -0.354 e. The molecule has 0 fully saturated rings. The maximum absolute atomic E-state index is 11.3. The Balaban J connectivity index is 0.000000162. The maximum Gasteiger partial charge on any atom is 0.273 e. The third kappa shape index (κ3) is 4.45. The number of nitro benzene ring substituents is 2. The van der Waals surface area contributed by atoms with E-state index in [9.17, 15) is 20.2 Å². The lowest BCUT2D eigenvalue weighted by atomic mass is 10.0. The Morgan fingerprint density at radius 2 is 1.32 bits per heavy atom. The second kappa shape index (κ2) is 10.3. The van der Waals surface area contributed by atoms with E-state index in [1.54, 1.807) is 19.1 Å². The van der Waals surface area contributed by atoms with Crippen molar-refractivity contribution in [1.82, 2.24) is 9.55 Å². The molecule has 4 aromatic carbocycles. The van der Waals surface area contributed by atoms with Crippen LogP contribution in [0.1, 0.15) is 29.2 Å². The van der Waals surface area contributed by atoms with Gasteiger partial charge in [0.2, 0.25) is 0 Å². The summed E-state index contributed by atoms with van der Waals surface area (Å²) in [4.78, 5) is 25.1. The fourth-order valence-electron chi connectivity index (χ4n) is 5.70. The molecule has 6 aromatic rings. The molecule has 0 spiro atoms. The van der Waals surface area contributed by atoms with Gasteiger partial charge < -0.3 is 9.55 Å². The summed E-state index contributed by atoms with van der Waals surface area (Å²) in [5, 5.41) is 26.4. The van der Waals surface area contributed by atoms with Crippen molar-refractivity contribution in [3.05, 3.63) is 100.0 Å². The van der Waals surface area contributed by atoms with Gasteiger partial charge >= 0.3 is 0 Å². The van der Waals surface area contributed by atoms with Crippen molar-refractivity contribution >= 4 is 86.8 Å². The number of hydrogen-bond acceptors (Lipinski definition) is 4. The van der Waals surface area contributed by atoms with Gasteiger partial charge in [0.15, 0.2) is 0 Å². The van der Waals surface area contributed by atoms with Gasteiger partial charge in [-0.2, -0.15) is 0 Å². The van der Waals surface area contributed by atoms with Gasteiger partial charge in [0.05, 0.1) is 20.9 Å². The van der Waals surface area contributed by atoms with Crippen LogP contribution in [0.4, 0.5) is 11.4 Å². The Bertz CT molecular complexity index is 2020. The zero-order valence-corrected chi connectivity index (χ0v) is 25.7. The smallest absolute Gasteiger partial charge is 0.273 e. The number of fused-ring (bicyclic) bond motifs is 6. The van der Waals surface area contributed by atoms with E-state index in [1.807, 2.05) is 51.1 Å². The van der Waals surface area contributed by atoms with Gasteiger partial charge in [-0.1, -0.05) is 31.9 Å². The zero-order valence-electron chi connectivity index (χ0n) is 22.6. The Labute approximate surface area is 246 Å². The first-order valence-electron chi connectivity index (χ1n) is 12.7. The number of aromatic nitrogens is 2. The van der Waals surface area contributed by atoms with Crippen LogP contribution in [-0.4, -0.2) is 19.4 Å². The normalized spacial score (nSPS) is 11.4. The van der Waals surface area contributed by atoms with Gasteiger partial charge in [-0.25, -0.2) is 0 Å². The van der Waals surface area contributed by atoms with E-state index in [1.165, 1.54) is 0 Å². The quantitative estimate of drug-likeness (QED) is 0.150. The van der Waals surface area contributed by atoms with Crippen LogP contribution < -0.4 is 0 Å². The van der Waals surface area contributed by atoms with Crippen molar-refractivity contribution in [3.8, 4) is 0 Å². The molecule has 0 bridgehead atoms. The van der Waals surface area contributed by atoms with Crippen molar-refractivity contribution in [2.45, 2.75) is 41.2 Å². The summed E-state index contributed by atoms with van der Waals surface area (Å²) in [5.41, 5.74) is 7.79. The Morgan fingerprint density at radius 1 is 0.775 bits per heavy atom. The van der Waals surface area contributed by atoms with Crippen LogP contribution in [0, 0.1) is 47.9 Å². The number of nitrogens with one attached hydrogen (secondary N) is 1. The molecule has 204 valence electrons. The molecule has 0 unspecified atom stereocenters. The lowest BCUT2D eigenvalue weighted by molar-refractivity contribution is -0.385. The number of rotatable bonds is 3. The molecule has 0 saturated carbocycles.